The van der Waals surface area contributed by atoms with Crippen LogP contribution in [0.25, 0.3) is 0 Å². The highest BCUT2D eigenvalue weighted by atomic mass is 16.5. The van der Waals surface area contributed by atoms with Crippen molar-refractivity contribution >= 4 is 11.8 Å². The maximum Gasteiger partial charge on any atom is 0.305 e. The van der Waals surface area contributed by atoms with Gasteiger partial charge in [0.2, 0.25) is 0 Å². The van der Waals surface area contributed by atoms with Crippen molar-refractivity contribution in [3.05, 3.63) is 0 Å². The minimum atomic E-state index is -0.108. The van der Waals surface area contributed by atoms with E-state index in [9.17, 15) is 9.59 Å². The van der Waals surface area contributed by atoms with Crippen molar-refractivity contribution in [2.75, 3.05) is 7.11 Å². The van der Waals surface area contributed by atoms with Crippen molar-refractivity contribution < 1.29 is 14.3 Å². The van der Waals surface area contributed by atoms with E-state index in [2.05, 4.69) is 11.7 Å². The average molecular weight is 383 g/mol. The molecule has 0 saturated heterocycles. The summed E-state index contributed by atoms with van der Waals surface area (Å²) >= 11 is 0. The van der Waals surface area contributed by atoms with E-state index in [0.29, 0.717) is 12.2 Å². The lowest BCUT2D eigenvalue weighted by atomic mass is 10.0. The summed E-state index contributed by atoms with van der Waals surface area (Å²) in [5.41, 5.74) is 0. The fraction of sp³-hybridized carbons (Fsp3) is 0.917. The first kappa shape index (κ1) is 26.1. The smallest absolute Gasteiger partial charge is 0.305 e. The third-order valence-electron chi connectivity index (χ3n) is 5.37. The molecule has 160 valence electrons. The van der Waals surface area contributed by atoms with E-state index in [1.54, 1.807) is 0 Å². The molecule has 3 nitrogen and oxygen atoms in total. The monoisotopic (exact) mass is 382 g/mol. The number of carbonyl (C=O) groups is 2. The number of carbonyl (C=O) groups excluding carboxylic acids is 2. The second-order valence-corrected chi connectivity index (χ2v) is 8.02. The Kier molecular flexibility index (Phi) is 20.8. The minimum Gasteiger partial charge on any atom is -0.469 e. The third kappa shape index (κ3) is 21.3. The number of hydrogen-bond acceptors (Lipinski definition) is 3. The van der Waals surface area contributed by atoms with Crippen LogP contribution in [-0.4, -0.2) is 18.9 Å². The van der Waals surface area contributed by atoms with E-state index >= 15 is 0 Å². The highest BCUT2D eigenvalue weighted by Crippen LogP contribution is 2.13. The molecule has 27 heavy (non-hydrogen) atoms. The molecule has 0 fully saturated rings. The lowest BCUT2D eigenvalue weighted by Gasteiger charge is -2.04. The molecular weight excluding hydrogens is 336 g/mol. The molecular formula is C24H46O3. The van der Waals surface area contributed by atoms with Crippen LogP contribution in [0.15, 0.2) is 0 Å². The van der Waals surface area contributed by atoms with E-state index in [-0.39, 0.29) is 5.97 Å². The van der Waals surface area contributed by atoms with E-state index in [4.69, 9.17) is 0 Å². The van der Waals surface area contributed by atoms with Crippen molar-refractivity contribution in [2.45, 2.75) is 135 Å². The van der Waals surface area contributed by atoms with E-state index < -0.39 is 0 Å². The SMILES string of the molecule is CCCCCCCCCCCCCC(=O)CCCCCCCCC(=O)OC. The van der Waals surface area contributed by atoms with Gasteiger partial charge in [0, 0.05) is 19.3 Å². The van der Waals surface area contributed by atoms with Crippen molar-refractivity contribution in [1.29, 1.82) is 0 Å². The lowest BCUT2D eigenvalue weighted by Crippen LogP contribution is -1.99. The van der Waals surface area contributed by atoms with Crippen LogP contribution in [0.2, 0.25) is 0 Å². The van der Waals surface area contributed by atoms with Crippen LogP contribution in [-0.2, 0) is 14.3 Å². The molecule has 0 aromatic rings. The maximum atomic E-state index is 11.9. The zero-order valence-electron chi connectivity index (χ0n) is 18.4. The Morgan fingerprint density at radius 2 is 0.852 bits per heavy atom. The summed E-state index contributed by atoms with van der Waals surface area (Å²) in [6.07, 6.45) is 23.3. The van der Waals surface area contributed by atoms with Gasteiger partial charge in [-0.1, -0.05) is 96.8 Å². The number of ketones is 1. The van der Waals surface area contributed by atoms with Gasteiger partial charge in [-0.05, 0) is 19.3 Å². The first-order valence-corrected chi connectivity index (χ1v) is 11.8. The summed E-state index contributed by atoms with van der Waals surface area (Å²) in [6.45, 7) is 2.27. The predicted octanol–water partition coefficient (Wildman–Crippen LogP) is 7.55. The van der Waals surface area contributed by atoms with Gasteiger partial charge in [-0.3, -0.25) is 9.59 Å². The molecule has 0 unspecified atom stereocenters. The van der Waals surface area contributed by atoms with Gasteiger partial charge in [0.05, 0.1) is 7.11 Å². The molecule has 0 heterocycles. The molecule has 0 saturated carbocycles. The van der Waals surface area contributed by atoms with Crippen molar-refractivity contribution in [3.8, 4) is 0 Å². The second-order valence-electron chi connectivity index (χ2n) is 8.02. The number of methoxy groups -OCH3 is 1. The van der Waals surface area contributed by atoms with Gasteiger partial charge < -0.3 is 4.74 Å². The molecule has 0 rings (SSSR count). The summed E-state index contributed by atoms with van der Waals surface area (Å²) < 4.78 is 4.63. The number of unbranched alkanes of at least 4 members (excludes halogenated alkanes) is 15. The number of esters is 1. The Balaban J connectivity index is 3.19. The lowest BCUT2D eigenvalue weighted by molar-refractivity contribution is -0.140. The van der Waals surface area contributed by atoms with Crippen LogP contribution >= 0.6 is 0 Å². The second kappa shape index (κ2) is 21.4. The van der Waals surface area contributed by atoms with Crippen LogP contribution in [0.3, 0.4) is 0 Å². The van der Waals surface area contributed by atoms with Gasteiger partial charge in [0.1, 0.15) is 5.78 Å². The van der Waals surface area contributed by atoms with E-state index in [0.717, 1.165) is 51.4 Å². The molecule has 0 aromatic carbocycles. The fourth-order valence-electron chi connectivity index (χ4n) is 3.51. The maximum absolute atomic E-state index is 11.9. The third-order valence-corrected chi connectivity index (χ3v) is 5.37. The molecule has 3 heteroatoms. The van der Waals surface area contributed by atoms with Crippen LogP contribution < -0.4 is 0 Å². The number of Topliss-reactive ketones (excluding diaryl/α,β-unsaturated/α-hetero) is 1. The van der Waals surface area contributed by atoms with Gasteiger partial charge >= 0.3 is 5.97 Å². The van der Waals surface area contributed by atoms with Crippen LogP contribution in [0, 0.1) is 0 Å². The zero-order valence-corrected chi connectivity index (χ0v) is 18.4. The molecule has 0 aliphatic heterocycles. The number of hydrogen-bond donors (Lipinski definition) is 0. The van der Waals surface area contributed by atoms with Gasteiger partial charge in [0.25, 0.3) is 0 Å². The van der Waals surface area contributed by atoms with Gasteiger partial charge in [-0.15, -0.1) is 0 Å². The van der Waals surface area contributed by atoms with Crippen LogP contribution in [0.5, 0.6) is 0 Å². The normalized spacial score (nSPS) is 10.9. The van der Waals surface area contributed by atoms with Crippen molar-refractivity contribution in [1.82, 2.24) is 0 Å². The standard InChI is InChI=1S/C24H46O3/c1-3-4-5-6-7-8-9-10-11-14-17-20-23(25)21-18-15-12-13-16-19-22-24(26)27-2/h3-22H2,1-2H3. The summed E-state index contributed by atoms with van der Waals surface area (Å²) in [6, 6.07) is 0. The zero-order chi connectivity index (χ0) is 20.0. The first-order chi connectivity index (χ1) is 13.2. The molecule has 0 radical (unpaired) electrons. The largest absolute Gasteiger partial charge is 0.469 e. The number of ether oxygens (including phenoxy) is 1. The molecule has 0 bridgehead atoms. The van der Waals surface area contributed by atoms with Crippen molar-refractivity contribution in [2.24, 2.45) is 0 Å². The van der Waals surface area contributed by atoms with Gasteiger partial charge in [-0.25, -0.2) is 0 Å². The Morgan fingerprint density at radius 1 is 0.519 bits per heavy atom. The van der Waals surface area contributed by atoms with Crippen LogP contribution in [0.4, 0.5) is 0 Å². The summed E-state index contributed by atoms with van der Waals surface area (Å²) in [7, 11) is 1.44. The van der Waals surface area contributed by atoms with Crippen LogP contribution in [0.1, 0.15) is 135 Å². The minimum absolute atomic E-state index is 0.108. The summed E-state index contributed by atoms with van der Waals surface area (Å²) in [5.74, 6) is 0.347. The van der Waals surface area contributed by atoms with Gasteiger partial charge in [-0.2, -0.15) is 0 Å². The van der Waals surface area contributed by atoms with E-state index in [1.807, 2.05) is 0 Å². The highest BCUT2D eigenvalue weighted by molar-refractivity contribution is 5.78. The Hall–Kier alpha value is -0.860. The Bertz CT molecular complexity index is 339. The Labute approximate surface area is 169 Å². The molecule has 0 aliphatic rings. The Morgan fingerprint density at radius 3 is 1.22 bits per heavy atom. The molecule has 0 aliphatic carbocycles. The summed E-state index contributed by atoms with van der Waals surface area (Å²) in [4.78, 5) is 22.9. The quantitative estimate of drug-likeness (QED) is 0.152. The molecule has 0 aromatic heterocycles. The summed E-state index contributed by atoms with van der Waals surface area (Å²) in [5, 5.41) is 0. The van der Waals surface area contributed by atoms with Gasteiger partial charge in [0.15, 0.2) is 0 Å². The van der Waals surface area contributed by atoms with E-state index in [1.165, 1.54) is 77.7 Å². The molecule has 0 atom stereocenters. The molecule has 0 spiro atoms. The molecule has 0 N–H and O–H groups in total. The topological polar surface area (TPSA) is 43.4 Å². The highest BCUT2D eigenvalue weighted by Gasteiger charge is 2.03. The molecule has 0 amide bonds. The fourth-order valence-corrected chi connectivity index (χ4v) is 3.51. The van der Waals surface area contributed by atoms with Crippen molar-refractivity contribution in [3.63, 3.8) is 0 Å². The number of rotatable bonds is 21. The first-order valence-electron chi connectivity index (χ1n) is 11.8. The average Bonchev–Trinajstić information content (AvgIpc) is 2.67. The predicted molar refractivity (Wildman–Crippen MR) is 115 cm³/mol.